The number of hydrogen-bond donors (Lipinski definition) is 2. The van der Waals surface area contributed by atoms with Gasteiger partial charge in [0.15, 0.2) is 5.82 Å². The molecule has 2 saturated heterocycles. The molecule has 1 aromatic carbocycles. The summed E-state index contributed by atoms with van der Waals surface area (Å²) >= 11 is 0. The number of hydrogen-bond acceptors (Lipinski definition) is 5. The first-order valence-corrected chi connectivity index (χ1v) is 8.93. The first kappa shape index (κ1) is 16.1. The van der Waals surface area contributed by atoms with Crippen LogP contribution in [0.4, 0.5) is 11.5 Å². The number of piperidine rings is 2. The molecule has 7 nitrogen and oxygen atoms in total. The second-order valence-electron chi connectivity index (χ2n) is 6.82. The molecule has 0 bridgehead atoms. The van der Waals surface area contributed by atoms with Crippen LogP contribution in [-0.4, -0.2) is 40.7 Å². The highest BCUT2D eigenvalue weighted by Gasteiger charge is 2.31. The van der Waals surface area contributed by atoms with Crippen LogP contribution >= 0.6 is 0 Å². The van der Waals surface area contributed by atoms with Gasteiger partial charge in [-0.25, -0.2) is 4.90 Å². The number of aryl methyl sites for hydroxylation is 1. The van der Waals surface area contributed by atoms with Gasteiger partial charge in [0.25, 0.3) is 0 Å². The number of anilines is 2. The predicted octanol–water partition coefficient (Wildman–Crippen LogP) is 1.78. The average Bonchev–Trinajstić information content (AvgIpc) is 2.92. The van der Waals surface area contributed by atoms with E-state index in [1.807, 2.05) is 25.2 Å². The van der Waals surface area contributed by atoms with Gasteiger partial charge in [-0.2, -0.15) is 5.10 Å². The lowest BCUT2D eigenvalue weighted by Gasteiger charge is -2.25. The Balaban J connectivity index is 1.66. The van der Waals surface area contributed by atoms with Gasteiger partial charge in [-0.3, -0.25) is 14.3 Å². The second kappa shape index (κ2) is 6.48. The smallest absolute Gasteiger partial charge is 0.235 e. The molecule has 7 heteroatoms. The number of amides is 2. The summed E-state index contributed by atoms with van der Waals surface area (Å²) in [6, 6.07) is 6.48. The molecular weight excluding hydrogens is 318 g/mol. The number of nitrogens with one attached hydrogen (secondary N) is 2. The standard InChI is InChI=1S/C18H23N5O2/c1-22-15-11-13(20-12-7-9-19-10-8-12)5-6-14(15)18(21-22)23-16(24)3-2-4-17(23)25/h5-6,11-12,19-20H,2-4,7-10H2,1H3. The van der Waals surface area contributed by atoms with Crippen LogP contribution in [-0.2, 0) is 16.6 Å². The molecule has 132 valence electrons. The normalized spacial score (nSPS) is 19.6. The third-order valence-corrected chi connectivity index (χ3v) is 5.03. The van der Waals surface area contributed by atoms with E-state index < -0.39 is 0 Å². The first-order valence-electron chi connectivity index (χ1n) is 8.93. The summed E-state index contributed by atoms with van der Waals surface area (Å²) in [6.07, 6.45) is 3.64. The lowest BCUT2D eigenvalue weighted by Crippen LogP contribution is -2.40. The van der Waals surface area contributed by atoms with Gasteiger partial charge in [0.2, 0.25) is 11.8 Å². The molecule has 2 amide bonds. The van der Waals surface area contributed by atoms with Crippen molar-refractivity contribution in [2.75, 3.05) is 23.3 Å². The Morgan fingerprint density at radius 3 is 2.60 bits per heavy atom. The van der Waals surface area contributed by atoms with Crippen LogP contribution in [0.15, 0.2) is 18.2 Å². The van der Waals surface area contributed by atoms with Crippen molar-refractivity contribution in [1.82, 2.24) is 15.1 Å². The molecule has 2 N–H and O–H groups in total. The number of benzene rings is 1. The molecule has 2 fully saturated rings. The molecule has 2 aliphatic heterocycles. The highest BCUT2D eigenvalue weighted by molar-refractivity contribution is 6.19. The molecule has 2 aromatic rings. The van der Waals surface area contributed by atoms with Crippen LogP contribution in [0.2, 0.25) is 0 Å². The van der Waals surface area contributed by atoms with E-state index in [0.717, 1.165) is 42.5 Å². The van der Waals surface area contributed by atoms with E-state index in [4.69, 9.17) is 0 Å². The zero-order chi connectivity index (χ0) is 17.4. The average molecular weight is 341 g/mol. The van der Waals surface area contributed by atoms with Crippen molar-refractivity contribution in [1.29, 1.82) is 0 Å². The molecule has 25 heavy (non-hydrogen) atoms. The molecule has 1 aromatic heterocycles. The van der Waals surface area contributed by atoms with Gasteiger partial charge < -0.3 is 10.6 Å². The minimum atomic E-state index is -0.159. The lowest BCUT2D eigenvalue weighted by molar-refractivity contribution is -0.129. The fourth-order valence-electron chi connectivity index (χ4n) is 3.68. The molecule has 4 rings (SSSR count). The molecular formula is C18H23N5O2. The number of aromatic nitrogens is 2. The number of rotatable bonds is 3. The van der Waals surface area contributed by atoms with Gasteiger partial charge in [0.05, 0.1) is 5.52 Å². The van der Waals surface area contributed by atoms with Crippen LogP contribution in [0.1, 0.15) is 32.1 Å². The SMILES string of the molecule is Cn1nc(N2C(=O)CCCC2=O)c2ccc(NC3CCNCC3)cc21. The second-order valence-corrected chi connectivity index (χ2v) is 6.82. The van der Waals surface area contributed by atoms with Crippen molar-refractivity contribution in [3.05, 3.63) is 18.2 Å². The summed E-state index contributed by atoms with van der Waals surface area (Å²) in [4.78, 5) is 25.7. The number of fused-ring (bicyclic) bond motifs is 1. The highest BCUT2D eigenvalue weighted by atomic mass is 16.2. The monoisotopic (exact) mass is 341 g/mol. The Bertz CT molecular complexity index is 806. The van der Waals surface area contributed by atoms with Gasteiger partial charge in [-0.15, -0.1) is 0 Å². The maximum Gasteiger partial charge on any atom is 0.235 e. The number of imide groups is 1. The van der Waals surface area contributed by atoms with Gasteiger partial charge in [-0.1, -0.05) is 0 Å². The fraction of sp³-hybridized carbons (Fsp3) is 0.500. The molecule has 3 heterocycles. The van der Waals surface area contributed by atoms with Crippen molar-refractivity contribution in [2.45, 2.75) is 38.1 Å². The number of carbonyl (C=O) groups excluding carboxylic acids is 2. The van der Waals surface area contributed by atoms with Gasteiger partial charge >= 0.3 is 0 Å². The van der Waals surface area contributed by atoms with Crippen LogP contribution in [0, 0.1) is 0 Å². The summed E-state index contributed by atoms with van der Waals surface area (Å²) in [7, 11) is 1.85. The Labute approximate surface area is 146 Å². The van der Waals surface area contributed by atoms with Crippen molar-refractivity contribution < 1.29 is 9.59 Å². The Hall–Kier alpha value is -2.41. The minimum absolute atomic E-state index is 0.159. The largest absolute Gasteiger partial charge is 0.382 e. The third kappa shape index (κ3) is 3.00. The predicted molar refractivity (Wildman–Crippen MR) is 96.6 cm³/mol. The van der Waals surface area contributed by atoms with Crippen molar-refractivity contribution in [3.8, 4) is 0 Å². The van der Waals surface area contributed by atoms with E-state index in [-0.39, 0.29) is 11.8 Å². The summed E-state index contributed by atoms with van der Waals surface area (Å²) in [5.74, 6) is 0.141. The van der Waals surface area contributed by atoms with Crippen molar-refractivity contribution in [3.63, 3.8) is 0 Å². The summed E-state index contributed by atoms with van der Waals surface area (Å²) in [6.45, 7) is 2.07. The quantitative estimate of drug-likeness (QED) is 0.832. The van der Waals surface area contributed by atoms with Crippen LogP contribution < -0.4 is 15.5 Å². The number of carbonyl (C=O) groups is 2. The first-order chi connectivity index (χ1) is 12.1. The zero-order valence-corrected chi connectivity index (χ0v) is 14.4. The summed E-state index contributed by atoms with van der Waals surface area (Å²) in [5.41, 5.74) is 1.96. The van der Waals surface area contributed by atoms with Crippen molar-refractivity contribution in [2.24, 2.45) is 7.05 Å². The molecule has 0 aliphatic carbocycles. The zero-order valence-electron chi connectivity index (χ0n) is 14.4. The van der Waals surface area contributed by atoms with Gasteiger partial charge in [0, 0.05) is 37.0 Å². The molecule has 0 saturated carbocycles. The molecule has 2 aliphatic rings. The molecule has 0 radical (unpaired) electrons. The van der Waals surface area contributed by atoms with E-state index in [9.17, 15) is 9.59 Å². The summed E-state index contributed by atoms with van der Waals surface area (Å²) < 4.78 is 1.74. The van der Waals surface area contributed by atoms with Crippen LogP contribution in [0.5, 0.6) is 0 Å². The van der Waals surface area contributed by atoms with Crippen LogP contribution in [0.25, 0.3) is 10.9 Å². The summed E-state index contributed by atoms with van der Waals surface area (Å²) in [5, 5.41) is 12.2. The molecule has 0 atom stereocenters. The van der Waals surface area contributed by atoms with E-state index >= 15 is 0 Å². The van der Waals surface area contributed by atoms with Crippen LogP contribution in [0.3, 0.4) is 0 Å². The van der Waals surface area contributed by atoms with Gasteiger partial charge in [0.1, 0.15) is 0 Å². The Morgan fingerprint density at radius 1 is 1.16 bits per heavy atom. The molecule has 0 spiro atoms. The number of nitrogens with zero attached hydrogens (tertiary/aromatic N) is 3. The van der Waals surface area contributed by atoms with E-state index in [1.54, 1.807) is 4.68 Å². The van der Waals surface area contributed by atoms with Gasteiger partial charge in [-0.05, 0) is 50.6 Å². The fourth-order valence-corrected chi connectivity index (χ4v) is 3.68. The minimum Gasteiger partial charge on any atom is -0.382 e. The lowest BCUT2D eigenvalue weighted by atomic mass is 10.1. The van der Waals surface area contributed by atoms with E-state index in [0.29, 0.717) is 31.1 Å². The topological polar surface area (TPSA) is 79.3 Å². The molecule has 0 unspecified atom stereocenters. The maximum absolute atomic E-state index is 12.2. The Morgan fingerprint density at radius 2 is 1.88 bits per heavy atom. The maximum atomic E-state index is 12.2. The highest BCUT2D eigenvalue weighted by Crippen LogP contribution is 2.31. The van der Waals surface area contributed by atoms with E-state index in [2.05, 4.69) is 15.7 Å². The third-order valence-electron chi connectivity index (χ3n) is 5.03. The Kier molecular flexibility index (Phi) is 4.17. The van der Waals surface area contributed by atoms with Crippen molar-refractivity contribution >= 4 is 34.2 Å². The van der Waals surface area contributed by atoms with E-state index in [1.165, 1.54) is 4.90 Å².